The molecule has 0 radical (unpaired) electrons. The normalized spacial score (nSPS) is 18.2. The van der Waals surface area contributed by atoms with E-state index in [1.807, 2.05) is 23.3 Å². The Kier molecular flexibility index (Phi) is 6.82. The number of aromatic nitrogens is 1. The number of thioether (sulfide) groups is 1. The fraction of sp³-hybridized carbons (Fsp3) is 0.167. The molecule has 198 valence electrons. The van der Waals surface area contributed by atoms with Crippen LogP contribution in [-0.2, 0) is 20.5 Å². The Morgan fingerprint density at radius 3 is 2.24 bits per heavy atom. The summed E-state index contributed by atoms with van der Waals surface area (Å²) in [4.78, 5) is 53.6. The first-order valence-electron chi connectivity index (χ1n) is 11.4. The molecule has 2 heterocycles. The van der Waals surface area contributed by atoms with Crippen LogP contribution in [0.1, 0.15) is 18.9 Å². The van der Waals surface area contributed by atoms with E-state index in [0.29, 0.717) is 32.7 Å². The van der Waals surface area contributed by atoms with Crippen molar-refractivity contribution in [2.45, 2.75) is 25.3 Å². The van der Waals surface area contributed by atoms with Gasteiger partial charge in [-0.15, -0.1) is 0 Å². The molecule has 0 unspecified atom stereocenters. The maximum Gasteiger partial charge on any atom is 0.356 e. The van der Waals surface area contributed by atoms with Crippen molar-refractivity contribution < 1.29 is 43.2 Å². The second-order valence-electron chi connectivity index (χ2n) is 8.55. The molecule has 38 heavy (non-hydrogen) atoms. The Morgan fingerprint density at radius 2 is 1.63 bits per heavy atom. The number of thiazole rings is 1. The van der Waals surface area contributed by atoms with E-state index in [9.17, 15) is 38.6 Å². The van der Waals surface area contributed by atoms with Crippen LogP contribution in [0.2, 0.25) is 0 Å². The molecule has 0 fully saturated rings. The molecule has 2 aliphatic rings. The predicted molar refractivity (Wildman–Crippen MR) is 147 cm³/mol. The Balaban J connectivity index is 1.50. The van der Waals surface area contributed by atoms with E-state index in [1.165, 1.54) is 47.4 Å². The summed E-state index contributed by atoms with van der Waals surface area (Å²) in [6.45, 7) is 4.90. The van der Waals surface area contributed by atoms with Gasteiger partial charge in [-0.2, -0.15) is 4.57 Å². The minimum atomic E-state index is -4.41. The maximum atomic E-state index is 13.0. The number of rotatable bonds is 6. The molecule has 5 N–H and O–H groups in total. The van der Waals surface area contributed by atoms with Gasteiger partial charge < -0.3 is 29.6 Å². The molecule has 0 saturated carbocycles. The SMILES string of the molecule is CCN1C(=CC2=C(O)C(=Cc3sc4cc(P(=O)(O)O)ccc4[n+]3CC)C2=O)Sc2cc(P(=O)(O)O)ccc21. The summed E-state index contributed by atoms with van der Waals surface area (Å²) in [5.41, 5.74) is 1.78. The molecule has 0 spiro atoms. The Labute approximate surface area is 225 Å². The van der Waals surface area contributed by atoms with Crippen LogP contribution in [0.3, 0.4) is 0 Å². The number of carbonyl (C=O) groups excluding carboxylic acids is 1. The van der Waals surface area contributed by atoms with Crippen molar-refractivity contribution in [2.24, 2.45) is 0 Å². The van der Waals surface area contributed by atoms with E-state index in [4.69, 9.17) is 0 Å². The summed E-state index contributed by atoms with van der Waals surface area (Å²) >= 11 is 2.52. The average molecular weight is 594 g/mol. The van der Waals surface area contributed by atoms with Crippen molar-refractivity contribution in [2.75, 3.05) is 11.4 Å². The third-order valence-electron chi connectivity index (χ3n) is 6.27. The lowest BCUT2D eigenvalue weighted by Crippen LogP contribution is -2.34. The lowest BCUT2D eigenvalue weighted by molar-refractivity contribution is -0.665. The summed E-state index contributed by atoms with van der Waals surface area (Å²) in [5.74, 6) is -0.517. The molecule has 0 bridgehead atoms. The minimum Gasteiger partial charge on any atom is -0.506 e. The zero-order valence-electron chi connectivity index (χ0n) is 20.1. The van der Waals surface area contributed by atoms with Gasteiger partial charge in [-0.1, -0.05) is 23.1 Å². The molecule has 10 nitrogen and oxygen atoms in total. The van der Waals surface area contributed by atoms with Gasteiger partial charge >= 0.3 is 15.2 Å². The van der Waals surface area contributed by atoms with E-state index in [2.05, 4.69) is 0 Å². The van der Waals surface area contributed by atoms with Crippen molar-refractivity contribution >= 4 is 76.7 Å². The fourth-order valence-corrected chi connectivity index (χ4v) is 8.10. The molecular formula is C24H23N2O8P2S2+. The number of aliphatic hydroxyl groups is 1. The summed E-state index contributed by atoms with van der Waals surface area (Å²) in [7, 11) is -8.83. The molecule has 0 saturated heterocycles. The van der Waals surface area contributed by atoms with Gasteiger partial charge in [0.1, 0.15) is 17.0 Å². The van der Waals surface area contributed by atoms with E-state index in [-0.39, 0.29) is 33.3 Å². The molecule has 5 rings (SSSR count). The zero-order chi connectivity index (χ0) is 27.6. The van der Waals surface area contributed by atoms with Crippen LogP contribution in [0.5, 0.6) is 0 Å². The Hall–Kier alpha value is -2.53. The molecule has 3 aromatic rings. The van der Waals surface area contributed by atoms with Crippen molar-refractivity contribution in [3.8, 4) is 0 Å². The van der Waals surface area contributed by atoms with Crippen LogP contribution in [-0.4, -0.2) is 37.0 Å². The first-order valence-corrected chi connectivity index (χ1v) is 16.3. The van der Waals surface area contributed by atoms with Crippen molar-refractivity contribution in [1.82, 2.24) is 0 Å². The van der Waals surface area contributed by atoms with Gasteiger partial charge in [0.05, 0.1) is 32.5 Å². The molecule has 1 aliphatic heterocycles. The predicted octanol–water partition coefficient (Wildman–Crippen LogP) is 3.07. The summed E-state index contributed by atoms with van der Waals surface area (Å²) in [5, 5.41) is 11.9. The van der Waals surface area contributed by atoms with E-state index >= 15 is 0 Å². The third-order valence-corrected chi connectivity index (χ3v) is 10.4. The number of ketones is 1. The molecule has 2 aromatic carbocycles. The Morgan fingerprint density at radius 1 is 0.974 bits per heavy atom. The number of nitrogens with zero attached hydrogens (tertiary/aromatic N) is 2. The summed E-state index contributed by atoms with van der Waals surface area (Å²) in [6, 6.07) is 8.91. The highest BCUT2D eigenvalue weighted by atomic mass is 32.2. The van der Waals surface area contributed by atoms with Gasteiger partial charge in [-0.3, -0.25) is 13.9 Å². The maximum absolute atomic E-state index is 13.0. The average Bonchev–Trinajstić information content (AvgIpc) is 3.40. The van der Waals surface area contributed by atoms with Gasteiger partial charge in [0.15, 0.2) is 0 Å². The monoisotopic (exact) mass is 593 g/mol. The molecular weight excluding hydrogens is 570 g/mol. The lowest BCUT2D eigenvalue weighted by Gasteiger charge is -2.22. The van der Waals surface area contributed by atoms with Crippen LogP contribution in [0.15, 0.2) is 69.3 Å². The van der Waals surface area contributed by atoms with Crippen molar-refractivity contribution in [3.63, 3.8) is 0 Å². The fourth-order valence-electron chi connectivity index (χ4n) is 4.38. The van der Waals surface area contributed by atoms with Crippen molar-refractivity contribution in [1.29, 1.82) is 0 Å². The standard InChI is InChI=1S/C24H22N2O8P2S2/c1-3-25-17-7-5-13(35(29,30)31)9-19(17)37-21(25)11-15-23(27)16(24(15)28)12-22-26(4-2)18-8-6-14(36(32,33)34)10-20(18)38-22/h5-12H,3-4H2,1-2H3,(H4-,27,28,29,30,31,32,33,34)/p+1. The lowest BCUT2D eigenvalue weighted by atomic mass is 9.88. The van der Waals surface area contributed by atoms with Gasteiger partial charge in [0, 0.05) is 23.6 Å². The second kappa shape index (κ2) is 9.59. The van der Waals surface area contributed by atoms with E-state index in [0.717, 1.165) is 11.2 Å². The van der Waals surface area contributed by atoms with E-state index < -0.39 is 15.2 Å². The Bertz CT molecular complexity index is 1710. The van der Waals surface area contributed by atoms with Crippen LogP contribution >= 0.6 is 38.3 Å². The number of Topliss-reactive ketones (excluding diaryl/α,β-unsaturated/α-hetero) is 1. The zero-order valence-corrected chi connectivity index (χ0v) is 23.5. The van der Waals surface area contributed by atoms with Crippen LogP contribution < -0.4 is 20.1 Å². The number of aryl methyl sites for hydroxylation is 1. The third kappa shape index (κ3) is 4.61. The molecule has 14 heteroatoms. The number of aliphatic hydroxyl groups excluding tert-OH is 1. The quantitative estimate of drug-likeness (QED) is 0.163. The first kappa shape index (κ1) is 27.1. The summed E-state index contributed by atoms with van der Waals surface area (Å²) < 4.78 is 25.9. The van der Waals surface area contributed by atoms with Crippen LogP contribution in [0.25, 0.3) is 16.3 Å². The number of hydrogen-bond acceptors (Lipinski definition) is 7. The molecule has 0 atom stereocenters. The number of allylic oxidation sites excluding steroid dienone is 3. The second-order valence-corrected chi connectivity index (χ2v) is 13.9. The molecule has 1 aromatic heterocycles. The highest BCUT2D eigenvalue weighted by molar-refractivity contribution is 8.03. The largest absolute Gasteiger partial charge is 0.506 e. The highest BCUT2D eigenvalue weighted by Gasteiger charge is 2.36. The van der Waals surface area contributed by atoms with Gasteiger partial charge in [-0.05, 0) is 50.3 Å². The highest BCUT2D eigenvalue weighted by Crippen LogP contribution is 2.48. The number of benzene rings is 2. The topological polar surface area (TPSA) is 159 Å². The number of fused-ring (bicyclic) bond motifs is 2. The van der Waals surface area contributed by atoms with Gasteiger partial charge in [-0.25, -0.2) is 0 Å². The minimum absolute atomic E-state index is 0.0893. The molecule has 0 amide bonds. The number of anilines is 1. The van der Waals surface area contributed by atoms with Crippen LogP contribution in [0, 0.1) is 0 Å². The smallest absolute Gasteiger partial charge is 0.356 e. The summed E-state index contributed by atoms with van der Waals surface area (Å²) in [6.07, 6.45) is 3.15. The number of carbonyl (C=O) groups is 1. The number of hydrogen-bond donors (Lipinski definition) is 5. The van der Waals surface area contributed by atoms with E-state index in [1.54, 1.807) is 24.3 Å². The van der Waals surface area contributed by atoms with Gasteiger partial charge in [0.2, 0.25) is 11.3 Å². The first-order chi connectivity index (χ1) is 17.8. The molecule has 1 aliphatic carbocycles. The van der Waals surface area contributed by atoms with Crippen molar-refractivity contribution in [3.05, 3.63) is 69.4 Å². The van der Waals surface area contributed by atoms with Gasteiger partial charge in [0.25, 0.3) is 5.01 Å². The van der Waals surface area contributed by atoms with Crippen LogP contribution in [0.4, 0.5) is 5.69 Å².